The van der Waals surface area contributed by atoms with Crippen LogP contribution in [0, 0.1) is 12.7 Å². The molecule has 0 unspecified atom stereocenters. The highest BCUT2D eigenvalue weighted by molar-refractivity contribution is 6.06. The van der Waals surface area contributed by atoms with E-state index in [1.54, 1.807) is 37.4 Å². The maximum Gasteiger partial charge on any atom is 0.291 e. The highest BCUT2D eigenvalue weighted by Crippen LogP contribution is 2.27. The molecule has 0 atom stereocenters. The number of anilines is 1. The minimum Gasteiger partial charge on any atom is -0.486 e. The van der Waals surface area contributed by atoms with Crippen LogP contribution in [-0.2, 0) is 13.7 Å². The van der Waals surface area contributed by atoms with Gasteiger partial charge in [-0.15, -0.1) is 0 Å². The van der Waals surface area contributed by atoms with Gasteiger partial charge >= 0.3 is 0 Å². The van der Waals surface area contributed by atoms with Crippen LogP contribution >= 0.6 is 0 Å². The monoisotopic (exact) mass is 379 g/mol. The molecular formula is C21H18FN3O3. The van der Waals surface area contributed by atoms with Crippen LogP contribution in [0.25, 0.3) is 11.0 Å². The van der Waals surface area contributed by atoms with Gasteiger partial charge in [0.1, 0.15) is 29.6 Å². The van der Waals surface area contributed by atoms with E-state index < -0.39 is 5.91 Å². The zero-order valence-electron chi connectivity index (χ0n) is 15.4. The number of nitrogens with one attached hydrogen (secondary N) is 1. The van der Waals surface area contributed by atoms with Gasteiger partial charge in [0.05, 0.1) is 0 Å². The third-order valence-electron chi connectivity index (χ3n) is 4.51. The molecule has 4 rings (SSSR count). The molecule has 142 valence electrons. The van der Waals surface area contributed by atoms with E-state index in [-0.39, 0.29) is 11.6 Å². The fraction of sp³-hybridized carbons (Fsp3) is 0.143. The number of nitrogens with zero attached hydrogens (tertiary/aromatic N) is 2. The Kier molecular flexibility index (Phi) is 4.57. The number of rotatable bonds is 5. The molecule has 2 aromatic heterocycles. The first kappa shape index (κ1) is 17.8. The van der Waals surface area contributed by atoms with Gasteiger partial charge in [-0.3, -0.25) is 4.79 Å². The van der Waals surface area contributed by atoms with Crippen molar-refractivity contribution in [2.24, 2.45) is 7.05 Å². The lowest BCUT2D eigenvalue weighted by Gasteiger charge is -2.08. The van der Waals surface area contributed by atoms with E-state index in [1.165, 1.54) is 18.2 Å². The second-order valence-electron chi connectivity index (χ2n) is 6.42. The first-order valence-electron chi connectivity index (χ1n) is 8.70. The third-order valence-corrected chi connectivity index (χ3v) is 4.51. The van der Waals surface area contributed by atoms with E-state index in [0.717, 1.165) is 5.82 Å². The molecule has 6 nitrogen and oxygen atoms in total. The van der Waals surface area contributed by atoms with Gasteiger partial charge in [0.15, 0.2) is 5.76 Å². The molecule has 28 heavy (non-hydrogen) atoms. The van der Waals surface area contributed by atoms with E-state index in [9.17, 15) is 9.18 Å². The minimum absolute atomic E-state index is 0.163. The molecule has 2 heterocycles. The molecule has 1 N–H and O–H groups in total. The van der Waals surface area contributed by atoms with Gasteiger partial charge in [0.2, 0.25) is 0 Å². The van der Waals surface area contributed by atoms with Gasteiger partial charge in [-0.1, -0.05) is 0 Å². The van der Waals surface area contributed by atoms with Crippen molar-refractivity contribution in [2.75, 3.05) is 5.32 Å². The van der Waals surface area contributed by atoms with E-state index in [4.69, 9.17) is 9.15 Å². The van der Waals surface area contributed by atoms with Crippen LogP contribution in [-0.4, -0.2) is 15.5 Å². The van der Waals surface area contributed by atoms with Crippen molar-refractivity contribution < 1.29 is 18.3 Å². The lowest BCUT2D eigenvalue weighted by Crippen LogP contribution is -2.12. The van der Waals surface area contributed by atoms with Gasteiger partial charge in [0, 0.05) is 36.1 Å². The number of carbonyl (C=O) groups excluding carboxylic acids is 1. The van der Waals surface area contributed by atoms with Crippen LogP contribution in [0.4, 0.5) is 10.1 Å². The van der Waals surface area contributed by atoms with E-state index in [0.29, 0.717) is 34.6 Å². The van der Waals surface area contributed by atoms with Gasteiger partial charge in [0.25, 0.3) is 5.91 Å². The predicted molar refractivity (Wildman–Crippen MR) is 103 cm³/mol. The second kappa shape index (κ2) is 7.19. The fourth-order valence-electron chi connectivity index (χ4n) is 2.92. The Morgan fingerprint density at radius 2 is 2.04 bits per heavy atom. The predicted octanol–water partition coefficient (Wildman–Crippen LogP) is 4.45. The summed E-state index contributed by atoms with van der Waals surface area (Å²) in [6.45, 7) is 2.08. The topological polar surface area (TPSA) is 69.3 Å². The number of aromatic nitrogens is 2. The summed E-state index contributed by atoms with van der Waals surface area (Å²) < 4.78 is 26.6. The Morgan fingerprint density at radius 1 is 1.25 bits per heavy atom. The fourth-order valence-corrected chi connectivity index (χ4v) is 2.92. The van der Waals surface area contributed by atoms with Gasteiger partial charge in [-0.2, -0.15) is 0 Å². The summed E-state index contributed by atoms with van der Waals surface area (Å²) in [5, 5.41) is 3.37. The summed E-state index contributed by atoms with van der Waals surface area (Å²) in [5.41, 5.74) is 1.67. The molecule has 0 fully saturated rings. The van der Waals surface area contributed by atoms with Crippen molar-refractivity contribution in [2.45, 2.75) is 13.5 Å². The summed E-state index contributed by atoms with van der Waals surface area (Å²) in [6, 6.07) is 11.2. The van der Waals surface area contributed by atoms with E-state index in [2.05, 4.69) is 10.3 Å². The van der Waals surface area contributed by atoms with Crippen molar-refractivity contribution in [3.8, 4) is 5.75 Å². The Labute approximate surface area is 160 Å². The molecule has 0 aliphatic heterocycles. The number of halogens is 1. The van der Waals surface area contributed by atoms with Crippen molar-refractivity contribution in [1.82, 2.24) is 9.55 Å². The number of furan rings is 1. The highest BCUT2D eigenvalue weighted by Gasteiger charge is 2.18. The molecule has 2 aromatic carbocycles. The molecule has 0 saturated heterocycles. The van der Waals surface area contributed by atoms with Gasteiger partial charge < -0.3 is 19.0 Å². The number of fused-ring (bicyclic) bond motifs is 1. The molecule has 4 aromatic rings. The number of benzene rings is 2. The van der Waals surface area contributed by atoms with E-state index >= 15 is 0 Å². The first-order chi connectivity index (χ1) is 13.5. The maximum atomic E-state index is 13.4. The van der Waals surface area contributed by atoms with Crippen LogP contribution in [0.1, 0.15) is 21.9 Å². The van der Waals surface area contributed by atoms with E-state index in [1.807, 2.05) is 17.8 Å². The third kappa shape index (κ3) is 3.46. The van der Waals surface area contributed by atoms with Crippen molar-refractivity contribution in [3.63, 3.8) is 0 Å². The summed E-state index contributed by atoms with van der Waals surface area (Å²) in [4.78, 5) is 16.8. The highest BCUT2D eigenvalue weighted by atomic mass is 19.1. The van der Waals surface area contributed by atoms with Crippen molar-refractivity contribution in [3.05, 3.63) is 77.8 Å². The zero-order chi connectivity index (χ0) is 19.7. The minimum atomic E-state index is -0.393. The number of carbonyl (C=O) groups is 1. The number of hydrogen-bond acceptors (Lipinski definition) is 4. The van der Waals surface area contributed by atoms with Gasteiger partial charge in [-0.25, -0.2) is 9.37 Å². The van der Waals surface area contributed by atoms with Crippen molar-refractivity contribution >= 4 is 22.6 Å². The summed E-state index contributed by atoms with van der Waals surface area (Å²) in [5.74, 6) is 0.876. The lowest BCUT2D eigenvalue weighted by atomic mass is 10.1. The second-order valence-corrected chi connectivity index (χ2v) is 6.42. The zero-order valence-corrected chi connectivity index (χ0v) is 15.4. The molecule has 0 saturated carbocycles. The van der Waals surface area contributed by atoms with Gasteiger partial charge in [-0.05, 0) is 49.4 Å². The first-order valence-corrected chi connectivity index (χ1v) is 8.70. The average Bonchev–Trinajstić information content (AvgIpc) is 3.24. The quantitative estimate of drug-likeness (QED) is 0.556. The smallest absolute Gasteiger partial charge is 0.291 e. The maximum absolute atomic E-state index is 13.4. The van der Waals surface area contributed by atoms with Crippen LogP contribution in [0.2, 0.25) is 0 Å². The number of aryl methyl sites for hydroxylation is 2. The van der Waals surface area contributed by atoms with Crippen LogP contribution in [0.15, 0.2) is 59.3 Å². The van der Waals surface area contributed by atoms with Crippen LogP contribution in [0.5, 0.6) is 5.75 Å². The number of hydrogen-bond donors (Lipinski definition) is 1. The van der Waals surface area contributed by atoms with Crippen LogP contribution in [0.3, 0.4) is 0 Å². The average molecular weight is 379 g/mol. The Morgan fingerprint density at radius 3 is 2.75 bits per heavy atom. The SMILES string of the molecule is Cc1c(C(=O)Nc2ccc(OCc3nccn3C)cc2)oc2ccc(F)cc12. The Bertz CT molecular complexity index is 1150. The summed E-state index contributed by atoms with van der Waals surface area (Å²) in [6.07, 6.45) is 3.57. The molecule has 0 spiro atoms. The normalized spacial score (nSPS) is 11.0. The molecule has 0 bridgehead atoms. The molecule has 0 aliphatic carbocycles. The van der Waals surface area contributed by atoms with Crippen molar-refractivity contribution in [1.29, 1.82) is 0 Å². The molecule has 0 aliphatic rings. The number of ether oxygens (including phenoxy) is 1. The number of amides is 1. The largest absolute Gasteiger partial charge is 0.486 e. The molecule has 0 radical (unpaired) electrons. The Balaban J connectivity index is 1.45. The lowest BCUT2D eigenvalue weighted by molar-refractivity contribution is 0.0998. The molecule has 1 amide bonds. The molecule has 7 heteroatoms. The number of imidazole rings is 1. The Hall–Kier alpha value is -3.61. The standard InChI is InChI=1S/C21H18FN3O3/c1-13-17-11-14(22)3-8-18(17)28-20(13)21(26)24-15-4-6-16(7-5-15)27-12-19-23-9-10-25(19)2/h3-11H,12H2,1-2H3,(H,24,26). The van der Waals surface area contributed by atoms with Crippen LogP contribution < -0.4 is 10.1 Å². The summed E-state index contributed by atoms with van der Waals surface area (Å²) in [7, 11) is 1.90. The molecular weight excluding hydrogens is 361 g/mol. The summed E-state index contributed by atoms with van der Waals surface area (Å²) >= 11 is 0.